The Balaban J connectivity index is 2.14. The number of benzene rings is 1. The molecule has 80 valence electrons. The molecule has 0 N–H and O–H groups in total. The first kappa shape index (κ1) is 10.1. The molecule has 0 bridgehead atoms. The smallest absolute Gasteiger partial charge is 0.269 e. The number of nitrogens with zero attached hydrogens (tertiary/aromatic N) is 2. The van der Waals surface area contributed by atoms with Crippen molar-refractivity contribution >= 4 is 17.6 Å². The van der Waals surface area contributed by atoms with Gasteiger partial charge in [0.1, 0.15) is 5.76 Å². The zero-order chi connectivity index (χ0) is 11.4. The highest BCUT2D eigenvalue weighted by Gasteiger charge is 2.02. The zero-order valence-electron chi connectivity index (χ0n) is 8.24. The average molecular weight is 216 g/mol. The quantitative estimate of drug-likeness (QED) is 0.450. The first-order valence-electron chi connectivity index (χ1n) is 4.58. The van der Waals surface area contributed by atoms with E-state index in [9.17, 15) is 10.1 Å². The lowest BCUT2D eigenvalue weighted by Crippen LogP contribution is -1.85. The Bertz CT molecular complexity index is 501. The van der Waals surface area contributed by atoms with Crippen molar-refractivity contribution in [2.24, 2.45) is 4.99 Å². The predicted molar refractivity (Wildman–Crippen MR) is 59.1 cm³/mol. The van der Waals surface area contributed by atoms with Crippen molar-refractivity contribution in [3.63, 3.8) is 0 Å². The summed E-state index contributed by atoms with van der Waals surface area (Å²) >= 11 is 0. The first-order chi connectivity index (χ1) is 7.75. The molecule has 0 aliphatic carbocycles. The maximum absolute atomic E-state index is 10.4. The molecule has 2 aromatic rings. The van der Waals surface area contributed by atoms with Gasteiger partial charge in [-0.3, -0.25) is 15.1 Å². The Morgan fingerprint density at radius 2 is 2.00 bits per heavy atom. The highest BCUT2D eigenvalue weighted by Crippen LogP contribution is 2.17. The van der Waals surface area contributed by atoms with Crippen LogP contribution in [0.5, 0.6) is 0 Å². The van der Waals surface area contributed by atoms with Gasteiger partial charge in [0.15, 0.2) is 0 Å². The fourth-order valence-electron chi connectivity index (χ4n) is 1.16. The summed E-state index contributed by atoms with van der Waals surface area (Å²) in [5, 5.41) is 10.4. The standard InChI is InChI=1S/C11H8N2O3/c14-13(15)10-5-3-9(4-6-10)12-8-11-2-1-7-16-11/h1-8H. The van der Waals surface area contributed by atoms with Crippen molar-refractivity contribution in [3.8, 4) is 0 Å². The van der Waals surface area contributed by atoms with Crippen LogP contribution in [-0.4, -0.2) is 11.1 Å². The van der Waals surface area contributed by atoms with Crippen LogP contribution in [0.1, 0.15) is 5.76 Å². The largest absolute Gasteiger partial charge is 0.463 e. The van der Waals surface area contributed by atoms with Crippen molar-refractivity contribution in [1.29, 1.82) is 0 Å². The minimum atomic E-state index is -0.444. The van der Waals surface area contributed by atoms with Crippen molar-refractivity contribution in [3.05, 3.63) is 58.5 Å². The van der Waals surface area contributed by atoms with E-state index in [2.05, 4.69) is 4.99 Å². The number of furan rings is 1. The molecule has 1 heterocycles. The summed E-state index contributed by atoms with van der Waals surface area (Å²) in [5.74, 6) is 0.637. The maximum atomic E-state index is 10.4. The number of hydrogen-bond acceptors (Lipinski definition) is 4. The van der Waals surface area contributed by atoms with E-state index < -0.39 is 4.92 Å². The van der Waals surface area contributed by atoms with Gasteiger partial charge in [0, 0.05) is 12.1 Å². The molecular weight excluding hydrogens is 208 g/mol. The van der Waals surface area contributed by atoms with Gasteiger partial charge < -0.3 is 4.42 Å². The van der Waals surface area contributed by atoms with E-state index in [-0.39, 0.29) is 5.69 Å². The van der Waals surface area contributed by atoms with Crippen molar-refractivity contribution < 1.29 is 9.34 Å². The van der Waals surface area contributed by atoms with Crippen LogP contribution in [0.25, 0.3) is 0 Å². The van der Waals surface area contributed by atoms with Crippen LogP contribution in [0, 0.1) is 10.1 Å². The highest BCUT2D eigenvalue weighted by molar-refractivity contribution is 5.78. The molecule has 0 saturated heterocycles. The molecular formula is C11H8N2O3. The van der Waals surface area contributed by atoms with Gasteiger partial charge in [-0.05, 0) is 24.3 Å². The minimum Gasteiger partial charge on any atom is -0.463 e. The van der Waals surface area contributed by atoms with Crippen molar-refractivity contribution in [1.82, 2.24) is 0 Å². The summed E-state index contributed by atoms with van der Waals surface area (Å²) < 4.78 is 5.06. The second-order valence-corrected chi connectivity index (χ2v) is 3.05. The van der Waals surface area contributed by atoms with E-state index >= 15 is 0 Å². The van der Waals surface area contributed by atoms with Gasteiger partial charge in [0.05, 0.1) is 23.1 Å². The number of hydrogen-bond donors (Lipinski definition) is 0. The van der Waals surface area contributed by atoms with Crippen LogP contribution >= 0.6 is 0 Å². The van der Waals surface area contributed by atoms with Crippen LogP contribution in [0.3, 0.4) is 0 Å². The van der Waals surface area contributed by atoms with E-state index in [1.54, 1.807) is 36.7 Å². The van der Waals surface area contributed by atoms with E-state index in [4.69, 9.17) is 4.42 Å². The van der Waals surface area contributed by atoms with Gasteiger partial charge >= 0.3 is 0 Å². The molecule has 5 heteroatoms. The molecule has 1 aromatic carbocycles. The average Bonchev–Trinajstić information content (AvgIpc) is 2.80. The SMILES string of the molecule is O=[N+]([O-])c1ccc(N=Cc2ccco2)cc1. The summed E-state index contributed by atoms with van der Waals surface area (Å²) in [6, 6.07) is 9.52. The Morgan fingerprint density at radius 1 is 1.25 bits per heavy atom. The second-order valence-electron chi connectivity index (χ2n) is 3.05. The van der Waals surface area contributed by atoms with Crippen LogP contribution in [0.15, 0.2) is 52.1 Å². The predicted octanol–water partition coefficient (Wildman–Crippen LogP) is 2.94. The normalized spacial score (nSPS) is 10.8. The van der Waals surface area contributed by atoms with Crippen LogP contribution in [0.4, 0.5) is 11.4 Å². The lowest BCUT2D eigenvalue weighted by atomic mass is 10.3. The van der Waals surface area contributed by atoms with Gasteiger partial charge in [-0.1, -0.05) is 0 Å². The number of aliphatic imine (C=N–C) groups is 1. The molecule has 0 aliphatic heterocycles. The Morgan fingerprint density at radius 3 is 2.56 bits per heavy atom. The fourth-order valence-corrected chi connectivity index (χ4v) is 1.16. The summed E-state index contributed by atoms with van der Waals surface area (Å²) in [6.07, 6.45) is 3.11. The van der Waals surface area contributed by atoms with Gasteiger partial charge in [-0.2, -0.15) is 0 Å². The molecule has 5 nitrogen and oxygen atoms in total. The molecule has 0 radical (unpaired) electrons. The van der Waals surface area contributed by atoms with Crippen molar-refractivity contribution in [2.75, 3.05) is 0 Å². The number of non-ortho nitro benzene ring substituents is 1. The Kier molecular flexibility index (Phi) is 2.77. The monoisotopic (exact) mass is 216 g/mol. The van der Waals surface area contributed by atoms with Crippen LogP contribution < -0.4 is 0 Å². The fraction of sp³-hybridized carbons (Fsp3) is 0. The molecule has 0 unspecified atom stereocenters. The molecule has 2 rings (SSSR count). The van der Waals surface area contributed by atoms with Crippen molar-refractivity contribution in [2.45, 2.75) is 0 Å². The minimum absolute atomic E-state index is 0.0527. The van der Waals surface area contributed by atoms with Gasteiger partial charge in [-0.15, -0.1) is 0 Å². The summed E-state index contributed by atoms with van der Waals surface area (Å²) in [6.45, 7) is 0. The second kappa shape index (κ2) is 4.39. The third-order valence-electron chi connectivity index (χ3n) is 1.94. The van der Waals surface area contributed by atoms with E-state index in [0.717, 1.165) is 0 Å². The van der Waals surface area contributed by atoms with E-state index in [1.165, 1.54) is 12.1 Å². The molecule has 0 atom stereocenters. The molecule has 0 saturated carbocycles. The van der Waals surface area contributed by atoms with Gasteiger partial charge in [-0.25, -0.2) is 0 Å². The number of nitro groups is 1. The third kappa shape index (κ3) is 2.33. The Hall–Kier alpha value is -2.43. The molecule has 0 fully saturated rings. The first-order valence-corrected chi connectivity index (χ1v) is 4.58. The maximum Gasteiger partial charge on any atom is 0.269 e. The van der Waals surface area contributed by atoms with Gasteiger partial charge in [0.25, 0.3) is 5.69 Å². The van der Waals surface area contributed by atoms with Crippen LogP contribution in [-0.2, 0) is 0 Å². The third-order valence-corrected chi connectivity index (χ3v) is 1.94. The van der Waals surface area contributed by atoms with E-state index in [1.807, 2.05) is 0 Å². The molecule has 0 spiro atoms. The molecule has 0 aliphatic rings. The summed E-state index contributed by atoms with van der Waals surface area (Å²) in [7, 11) is 0. The van der Waals surface area contributed by atoms with Gasteiger partial charge in [0.2, 0.25) is 0 Å². The highest BCUT2D eigenvalue weighted by atomic mass is 16.6. The lowest BCUT2D eigenvalue weighted by molar-refractivity contribution is -0.384. The topological polar surface area (TPSA) is 68.6 Å². The summed E-state index contributed by atoms with van der Waals surface area (Å²) in [5.41, 5.74) is 0.693. The summed E-state index contributed by atoms with van der Waals surface area (Å²) in [4.78, 5) is 14.1. The zero-order valence-corrected chi connectivity index (χ0v) is 8.24. The Labute approximate surface area is 91.2 Å². The number of rotatable bonds is 3. The molecule has 1 aromatic heterocycles. The van der Waals surface area contributed by atoms with E-state index in [0.29, 0.717) is 11.4 Å². The number of nitro benzene ring substituents is 1. The molecule has 0 amide bonds. The molecule has 16 heavy (non-hydrogen) atoms. The lowest BCUT2D eigenvalue weighted by Gasteiger charge is -1.92. The van der Waals surface area contributed by atoms with Crippen LogP contribution in [0.2, 0.25) is 0 Å².